The lowest BCUT2D eigenvalue weighted by molar-refractivity contribution is 0.0983. The van der Waals surface area contributed by atoms with Crippen LogP contribution in [0.15, 0.2) is 70.2 Å². The van der Waals surface area contributed by atoms with Crippen LogP contribution in [0.25, 0.3) is 10.2 Å². The van der Waals surface area contributed by atoms with E-state index in [2.05, 4.69) is 13.8 Å². The normalized spacial score (nSPS) is 18.7. The van der Waals surface area contributed by atoms with Gasteiger partial charge < -0.3 is 9.15 Å². The third-order valence-corrected chi connectivity index (χ3v) is 9.42. The van der Waals surface area contributed by atoms with Crippen LogP contribution < -0.4 is 9.64 Å². The number of thiazole rings is 1. The largest absolute Gasteiger partial charge is 0.494 e. The van der Waals surface area contributed by atoms with Crippen LogP contribution in [-0.2, 0) is 16.6 Å². The molecule has 0 radical (unpaired) electrons. The number of rotatable bonds is 7. The Morgan fingerprint density at radius 3 is 2.49 bits per heavy atom. The van der Waals surface area contributed by atoms with Gasteiger partial charge in [-0.2, -0.15) is 4.31 Å². The van der Waals surface area contributed by atoms with Gasteiger partial charge in [-0.3, -0.25) is 9.69 Å². The summed E-state index contributed by atoms with van der Waals surface area (Å²) in [5, 5.41) is 0.494. The van der Waals surface area contributed by atoms with Gasteiger partial charge in [-0.25, -0.2) is 13.4 Å². The number of nitrogens with zero attached hydrogens (tertiary/aromatic N) is 3. The monoisotopic (exact) mass is 539 g/mol. The second kappa shape index (κ2) is 10.3. The highest BCUT2D eigenvalue weighted by Crippen LogP contribution is 2.35. The number of ether oxygens (including phenoxy) is 1. The number of amides is 1. The molecule has 0 bridgehead atoms. The number of sulfonamides is 1. The van der Waals surface area contributed by atoms with Gasteiger partial charge in [-0.1, -0.05) is 31.3 Å². The van der Waals surface area contributed by atoms with Crippen molar-refractivity contribution in [3.8, 4) is 5.75 Å². The van der Waals surface area contributed by atoms with Crippen molar-refractivity contribution in [2.75, 3.05) is 25.1 Å². The van der Waals surface area contributed by atoms with Crippen LogP contribution in [0.3, 0.4) is 0 Å². The van der Waals surface area contributed by atoms with Crippen LogP contribution in [0.1, 0.15) is 36.4 Å². The quantitative estimate of drug-likeness (QED) is 0.312. The first-order chi connectivity index (χ1) is 17.8. The first-order valence-corrected chi connectivity index (χ1v) is 14.4. The van der Waals surface area contributed by atoms with Gasteiger partial charge in [-0.05, 0) is 66.8 Å². The van der Waals surface area contributed by atoms with Gasteiger partial charge >= 0.3 is 0 Å². The zero-order valence-corrected chi connectivity index (χ0v) is 22.6. The number of aromatic nitrogens is 1. The maximum Gasteiger partial charge on any atom is 0.260 e. The number of hydrogen-bond acceptors (Lipinski definition) is 7. The molecular weight excluding hydrogens is 510 g/mol. The SMILES string of the molecule is COc1cccc2sc(N(Cc3ccco3)C(=O)c3ccc(S(=O)(=O)N4CC(C)CC(C)C4)cc3)nc12. The van der Waals surface area contributed by atoms with Crippen LogP contribution in [0.4, 0.5) is 5.13 Å². The molecule has 5 rings (SSSR count). The number of methoxy groups -OCH3 is 1. The first kappa shape index (κ1) is 25.4. The number of hydrogen-bond donors (Lipinski definition) is 0. The zero-order valence-electron chi connectivity index (χ0n) is 21.0. The second-order valence-corrected chi connectivity index (χ2v) is 12.5. The smallest absolute Gasteiger partial charge is 0.260 e. The number of carbonyl (C=O) groups excluding carboxylic acids is 1. The molecule has 1 saturated heterocycles. The van der Waals surface area contributed by atoms with Crippen LogP contribution in [0.2, 0.25) is 0 Å². The Morgan fingerprint density at radius 1 is 1.11 bits per heavy atom. The summed E-state index contributed by atoms with van der Waals surface area (Å²) in [6.45, 7) is 5.34. The zero-order chi connectivity index (χ0) is 26.2. The Morgan fingerprint density at radius 2 is 1.84 bits per heavy atom. The van der Waals surface area contributed by atoms with Gasteiger partial charge in [0.25, 0.3) is 5.91 Å². The summed E-state index contributed by atoms with van der Waals surface area (Å²) in [6.07, 6.45) is 2.57. The van der Waals surface area contributed by atoms with Gasteiger partial charge in [0.2, 0.25) is 10.0 Å². The van der Waals surface area contributed by atoms with E-state index in [0.29, 0.717) is 52.6 Å². The number of fused-ring (bicyclic) bond motifs is 1. The number of para-hydroxylation sites is 1. The third-order valence-electron chi connectivity index (χ3n) is 6.54. The molecule has 0 N–H and O–H groups in total. The Hall–Kier alpha value is -3.21. The van der Waals surface area contributed by atoms with Gasteiger partial charge in [0.1, 0.15) is 17.0 Å². The van der Waals surface area contributed by atoms with E-state index in [1.165, 1.54) is 23.5 Å². The fraction of sp³-hybridized carbons (Fsp3) is 0.333. The van der Waals surface area contributed by atoms with E-state index in [1.807, 2.05) is 18.2 Å². The van der Waals surface area contributed by atoms with E-state index in [1.54, 1.807) is 46.8 Å². The molecule has 2 atom stereocenters. The lowest BCUT2D eigenvalue weighted by atomic mass is 9.94. The maximum atomic E-state index is 13.7. The molecule has 1 aliphatic rings. The van der Waals surface area contributed by atoms with E-state index in [4.69, 9.17) is 14.1 Å². The maximum absolute atomic E-state index is 13.7. The highest BCUT2D eigenvalue weighted by molar-refractivity contribution is 7.89. The minimum atomic E-state index is -3.64. The van der Waals surface area contributed by atoms with Crippen molar-refractivity contribution in [3.05, 3.63) is 72.2 Å². The molecule has 0 spiro atoms. The topological polar surface area (TPSA) is 92.9 Å². The molecule has 2 unspecified atom stereocenters. The number of piperidine rings is 1. The summed E-state index contributed by atoms with van der Waals surface area (Å²) in [5.74, 6) is 1.54. The molecule has 3 heterocycles. The summed E-state index contributed by atoms with van der Waals surface area (Å²) in [4.78, 5) is 20.1. The predicted molar refractivity (Wildman–Crippen MR) is 144 cm³/mol. The van der Waals surface area contributed by atoms with Crippen LogP contribution >= 0.6 is 11.3 Å². The Bertz CT molecular complexity index is 1490. The van der Waals surface area contributed by atoms with Crippen molar-refractivity contribution in [1.29, 1.82) is 0 Å². The molecule has 0 aliphatic carbocycles. The summed E-state index contributed by atoms with van der Waals surface area (Å²) >= 11 is 1.38. The highest BCUT2D eigenvalue weighted by Gasteiger charge is 2.32. The fourth-order valence-electron chi connectivity index (χ4n) is 4.85. The molecule has 194 valence electrons. The second-order valence-electron chi connectivity index (χ2n) is 9.57. The molecule has 4 aromatic rings. The Kier molecular flexibility index (Phi) is 7.06. The molecule has 1 fully saturated rings. The van der Waals surface area contributed by atoms with E-state index in [9.17, 15) is 13.2 Å². The summed E-state index contributed by atoms with van der Waals surface area (Å²) < 4.78 is 40.0. The van der Waals surface area contributed by atoms with Crippen molar-refractivity contribution in [3.63, 3.8) is 0 Å². The molecule has 8 nitrogen and oxygen atoms in total. The molecule has 1 amide bonds. The van der Waals surface area contributed by atoms with Crippen LogP contribution in [-0.4, -0.2) is 43.8 Å². The standard InChI is InChI=1S/C27H29N3O5S2/c1-18-14-19(2)16-29(15-18)37(32,33)22-11-9-20(10-12-22)26(31)30(17-21-6-5-13-35-21)27-28-25-23(34-3)7-4-8-24(25)36-27/h4-13,18-19H,14-17H2,1-3H3. The lowest BCUT2D eigenvalue weighted by Gasteiger charge is -2.34. The summed E-state index contributed by atoms with van der Waals surface area (Å²) in [5.41, 5.74) is 1.03. The highest BCUT2D eigenvalue weighted by atomic mass is 32.2. The minimum absolute atomic E-state index is 0.178. The fourth-order valence-corrected chi connectivity index (χ4v) is 7.51. The minimum Gasteiger partial charge on any atom is -0.494 e. The molecule has 37 heavy (non-hydrogen) atoms. The van der Waals surface area contributed by atoms with E-state index in [-0.39, 0.29) is 17.3 Å². The average molecular weight is 540 g/mol. The predicted octanol–water partition coefficient (Wildman–Crippen LogP) is 5.41. The van der Waals surface area contributed by atoms with Crippen molar-refractivity contribution >= 4 is 42.6 Å². The molecule has 2 aromatic heterocycles. The number of furan rings is 1. The van der Waals surface area contributed by atoms with Crippen LogP contribution in [0.5, 0.6) is 5.75 Å². The van der Waals surface area contributed by atoms with Gasteiger partial charge in [0, 0.05) is 18.7 Å². The first-order valence-electron chi connectivity index (χ1n) is 12.1. The van der Waals surface area contributed by atoms with Gasteiger partial charge in [0.15, 0.2) is 5.13 Å². The molecule has 10 heteroatoms. The number of carbonyl (C=O) groups is 1. The van der Waals surface area contributed by atoms with E-state index >= 15 is 0 Å². The van der Waals surface area contributed by atoms with Crippen molar-refractivity contribution in [2.45, 2.75) is 31.7 Å². The summed E-state index contributed by atoms with van der Waals surface area (Å²) in [6, 6.07) is 15.3. The third kappa shape index (κ3) is 5.14. The van der Waals surface area contributed by atoms with Crippen molar-refractivity contribution < 1.29 is 22.4 Å². The van der Waals surface area contributed by atoms with Crippen LogP contribution in [0, 0.1) is 11.8 Å². The number of benzene rings is 2. The Balaban J connectivity index is 1.46. The molecule has 2 aromatic carbocycles. The number of anilines is 1. The van der Waals surface area contributed by atoms with E-state index < -0.39 is 10.0 Å². The Labute approximate surface area is 220 Å². The molecular formula is C27H29N3O5S2. The van der Waals surface area contributed by atoms with Gasteiger partial charge in [-0.15, -0.1) is 0 Å². The molecule has 1 aliphatic heterocycles. The summed E-state index contributed by atoms with van der Waals surface area (Å²) in [7, 11) is -2.06. The molecule has 0 saturated carbocycles. The van der Waals surface area contributed by atoms with E-state index in [0.717, 1.165) is 11.1 Å². The average Bonchev–Trinajstić information content (AvgIpc) is 3.56. The van der Waals surface area contributed by atoms with Gasteiger partial charge in [0.05, 0.1) is 29.5 Å². The van der Waals surface area contributed by atoms with Crippen molar-refractivity contribution in [1.82, 2.24) is 9.29 Å². The van der Waals surface area contributed by atoms with Crippen molar-refractivity contribution in [2.24, 2.45) is 11.8 Å². The lowest BCUT2D eigenvalue weighted by Crippen LogP contribution is -2.42.